The summed E-state index contributed by atoms with van der Waals surface area (Å²) in [5, 5.41) is 5.21. The first-order valence-electron chi connectivity index (χ1n) is 7.72. The van der Waals surface area contributed by atoms with Gasteiger partial charge in [0.05, 0.1) is 5.69 Å². The van der Waals surface area contributed by atoms with E-state index in [0.29, 0.717) is 17.1 Å². The van der Waals surface area contributed by atoms with Crippen molar-refractivity contribution in [1.29, 1.82) is 0 Å². The Kier molecular flexibility index (Phi) is 4.46. The van der Waals surface area contributed by atoms with E-state index in [-0.39, 0.29) is 11.6 Å². The van der Waals surface area contributed by atoms with Gasteiger partial charge in [-0.3, -0.25) is 0 Å². The van der Waals surface area contributed by atoms with Crippen molar-refractivity contribution in [2.75, 3.05) is 0 Å². The summed E-state index contributed by atoms with van der Waals surface area (Å²) in [6.07, 6.45) is 0.537. The minimum atomic E-state index is -3.70. The van der Waals surface area contributed by atoms with Crippen molar-refractivity contribution in [3.63, 3.8) is 0 Å². The van der Waals surface area contributed by atoms with Crippen molar-refractivity contribution >= 4 is 26.3 Å². The Morgan fingerprint density at radius 1 is 1.21 bits per heavy atom. The first kappa shape index (κ1) is 17.1. The lowest BCUT2D eigenvalue weighted by Gasteiger charge is -2.08. The molecule has 0 spiro atoms. The van der Waals surface area contributed by atoms with Gasteiger partial charge in [0, 0.05) is 6.54 Å². The minimum Gasteiger partial charge on any atom is -0.221 e. The zero-order valence-corrected chi connectivity index (χ0v) is 15.8. The molecular formula is C16H20N4O2S2. The second-order valence-electron chi connectivity index (χ2n) is 5.78. The summed E-state index contributed by atoms with van der Waals surface area (Å²) >= 11 is 1.39. The second kappa shape index (κ2) is 6.27. The average Bonchev–Trinajstić information content (AvgIpc) is 3.03. The van der Waals surface area contributed by atoms with Gasteiger partial charge in [-0.15, -0.1) is 0 Å². The average molecular weight is 364 g/mol. The molecule has 0 atom stereocenters. The van der Waals surface area contributed by atoms with E-state index < -0.39 is 10.0 Å². The summed E-state index contributed by atoms with van der Waals surface area (Å²) in [7, 11) is -3.70. The van der Waals surface area contributed by atoms with Gasteiger partial charge in [0.25, 0.3) is 10.0 Å². The molecule has 2 aromatic heterocycles. The van der Waals surface area contributed by atoms with Crippen molar-refractivity contribution < 1.29 is 8.42 Å². The number of rotatable bonds is 5. The zero-order valence-electron chi connectivity index (χ0n) is 14.1. The smallest absolute Gasteiger partial charge is 0.221 e. The Morgan fingerprint density at radius 3 is 2.62 bits per heavy atom. The molecule has 0 radical (unpaired) electrons. The van der Waals surface area contributed by atoms with E-state index in [2.05, 4.69) is 14.8 Å². The molecule has 0 aliphatic heterocycles. The quantitative estimate of drug-likeness (QED) is 0.755. The van der Waals surface area contributed by atoms with Gasteiger partial charge < -0.3 is 0 Å². The lowest BCUT2D eigenvalue weighted by Crippen LogP contribution is -2.25. The van der Waals surface area contributed by atoms with Gasteiger partial charge in [-0.1, -0.05) is 36.5 Å². The summed E-state index contributed by atoms with van der Waals surface area (Å²) in [5.74, 6) is 0. The Labute approximate surface area is 145 Å². The molecular weight excluding hydrogens is 344 g/mol. The molecule has 0 aliphatic rings. The molecule has 3 rings (SSSR count). The van der Waals surface area contributed by atoms with E-state index in [9.17, 15) is 8.42 Å². The number of hydrogen-bond acceptors (Lipinski definition) is 5. The van der Waals surface area contributed by atoms with E-state index in [1.54, 1.807) is 0 Å². The largest absolute Gasteiger partial charge is 0.260 e. The van der Waals surface area contributed by atoms with Gasteiger partial charge >= 0.3 is 0 Å². The van der Waals surface area contributed by atoms with E-state index in [4.69, 9.17) is 0 Å². The van der Waals surface area contributed by atoms with Crippen molar-refractivity contribution in [2.45, 2.75) is 45.7 Å². The molecule has 8 heteroatoms. The van der Waals surface area contributed by atoms with Crippen LogP contribution in [-0.2, 0) is 23.0 Å². The third-order valence-corrected chi connectivity index (χ3v) is 6.22. The first-order chi connectivity index (χ1) is 11.3. The molecule has 0 amide bonds. The Balaban J connectivity index is 1.94. The van der Waals surface area contributed by atoms with Gasteiger partial charge in [-0.05, 0) is 43.9 Å². The number of aromatic nitrogens is 3. The Bertz CT molecular complexity index is 1000. The summed E-state index contributed by atoms with van der Waals surface area (Å²) in [4.78, 5) is 5.01. The van der Waals surface area contributed by atoms with Crippen LogP contribution in [0.1, 0.15) is 34.3 Å². The SMILES string of the molecule is CCc1nc2sc(C)nn2c1S(=O)(=O)NCc1ccc(C)c(C)c1. The van der Waals surface area contributed by atoms with Crippen LogP contribution in [0, 0.1) is 20.8 Å². The fourth-order valence-corrected chi connectivity index (χ4v) is 4.69. The molecule has 0 saturated carbocycles. The summed E-state index contributed by atoms with van der Waals surface area (Å²) in [5.41, 5.74) is 3.80. The van der Waals surface area contributed by atoms with Crippen LogP contribution in [0.15, 0.2) is 23.2 Å². The highest BCUT2D eigenvalue weighted by Crippen LogP contribution is 2.23. The Hall–Kier alpha value is -1.77. The number of sulfonamides is 1. The van der Waals surface area contributed by atoms with Crippen LogP contribution in [0.5, 0.6) is 0 Å². The van der Waals surface area contributed by atoms with Crippen LogP contribution in [0.3, 0.4) is 0 Å². The first-order valence-corrected chi connectivity index (χ1v) is 10.0. The molecule has 24 heavy (non-hydrogen) atoms. The number of benzene rings is 1. The lowest BCUT2D eigenvalue weighted by molar-refractivity contribution is 0.571. The molecule has 0 bridgehead atoms. The zero-order chi connectivity index (χ0) is 17.5. The minimum absolute atomic E-state index is 0.146. The molecule has 1 aromatic carbocycles. The number of nitrogens with one attached hydrogen (secondary N) is 1. The van der Waals surface area contributed by atoms with Gasteiger partial charge in [0.1, 0.15) is 5.01 Å². The van der Waals surface area contributed by atoms with Crippen molar-refractivity contribution in [3.05, 3.63) is 45.6 Å². The normalized spacial score (nSPS) is 12.2. The van der Waals surface area contributed by atoms with Gasteiger partial charge in [0.2, 0.25) is 4.96 Å². The lowest BCUT2D eigenvalue weighted by atomic mass is 10.1. The molecule has 0 aliphatic carbocycles. The molecule has 3 aromatic rings. The van der Waals surface area contributed by atoms with Crippen LogP contribution in [-0.4, -0.2) is 23.0 Å². The highest BCUT2D eigenvalue weighted by molar-refractivity contribution is 7.89. The topological polar surface area (TPSA) is 76.4 Å². The molecule has 0 saturated heterocycles. The standard InChI is InChI=1S/C16H20N4O2S2/c1-5-14-15(20-16(18-14)23-12(4)19-20)24(21,22)17-9-13-7-6-10(2)11(3)8-13/h6-8,17H,5,9H2,1-4H3. The number of fused-ring (bicyclic) bond motifs is 1. The molecule has 0 unspecified atom stereocenters. The van der Waals surface area contributed by atoms with E-state index in [0.717, 1.165) is 16.1 Å². The monoisotopic (exact) mass is 364 g/mol. The van der Waals surface area contributed by atoms with Crippen LogP contribution in [0.2, 0.25) is 0 Å². The Morgan fingerprint density at radius 2 is 1.96 bits per heavy atom. The fourth-order valence-electron chi connectivity index (χ4n) is 2.53. The molecule has 6 nitrogen and oxygen atoms in total. The van der Waals surface area contributed by atoms with E-state index in [1.165, 1.54) is 21.4 Å². The third-order valence-electron chi connectivity index (χ3n) is 3.96. The predicted octanol–water partition coefficient (Wildman–Crippen LogP) is 2.76. The predicted molar refractivity (Wildman–Crippen MR) is 94.9 cm³/mol. The van der Waals surface area contributed by atoms with Gasteiger partial charge in [-0.25, -0.2) is 18.1 Å². The van der Waals surface area contributed by atoms with Crippen LogP contribution in [0.25, 0.3) is 4.96 Å². The summed E-state index contributed by atoms with van der Waals surface area (Å²) in [6.45, 7) is 8.01. The van der Waals surface area contributed by atoms with Crippen molar-refractivity contribution in [2.24, 2.45) is 0 Å². The van der Waals surface area contributed by atoms with Gasteiger partial charge in [0.15, 0.2) is 5.03 Å². The van der Waals surface area contributed by atoms with Crippen LogP contribution >= 0.6 is 11.3 Å². The highest BCUT2D eigenvalue weighted by atomic mass is 32.2. The summed E-state index contributed by atoms with van der Waals surface area (Å²) in [6, 6.07) is 5.93. The second-order valence-corrected chi connectivity index (χ2v) is 8.62. The number of nitrogens with zero attached hydrogens (tertiary/aromatic N) is 3. The highest BCUT2D eigenvalue weighted by Gasteiger charge is 2.26. The number of imidazole rings is 1. The number of hydrogen-bond donors (Lipinski definition) is 1. The molecule has 0 fully saturated rings. The van der Waals surface area contributed by atoms with Crippen LogP contribution < -0.4 is 4.72 Å². The maximum Gasteiger partial charge on any atom is 0.260 e. The molecule has 128 valence electrons. The third kappa shape index (κ3) is 3.09. The van der Waals surface area contributed by atoms with Gasteiger partial charge in [-0.2, -0.15) is 9.61 Å². The van der Waals surface area contributed by atoms with Crippen molar-refractivity contribution in [3.8, 4) is 0 Å². The summed E-state index contributed by atoms with van der Waals surface area (Å²) < 4.78 is 29.7. The molecule has 2 heterocycles. The number of aryl methyl sites for hydroxylation is 4. The maximum atomic E-state index is 12.8. The maximum absolute atomic E-state index is 12.8. The molecule has 1 N–H and O–H groups in total. The van der Waals surface area contributed by atoms with Crippen molar-refractivity contribution in [1.82, 2.24) is 19.3 Å². The van der Waals surface area contributed by atoms with E-state index >= 15 is 0 Å². The van der Waals surface area contributed by atoms with E-state index in [1.807, 2.05) is 45.9 Å². The fraction of sp³-hybridized carbons (Fsp3) is 0.375. The van der Waals surface area contributed by atoms with Crippen LogP contribution in [0.4, 0.5) is 0 Å².